The summed E-state index contributed by atoms with van der Waals surface area (Å²) in [6.45, 7) is 5.66. The maximum Gasteiger partial charge on any atom is 0.350 e. The number of halogens is 1. The molecule has 0 bridgehead atoms. The summed E-state index contributed by atoms with van der Waals surface area (Å²) in [5.74, 6) is 0.892. The fourth-order valence-electron chi connectivity index (χ4n) is 3.65. The third-order valence-corrected chi connectivity index (χ3v) is 5.60. The Hall–Kier alpha value is -2.87. The number of rotatable bonds is 4. The highest BCUT2D eigenvalue weighted by atomic mass is 35.5. The number of benzene rings is 1. The first-order chi connectivity index (χ1) is 13.9. The van der Waals surface area contributed by atoms with Gasteiger partial charge in [0.1, 0.15) is 6.54 Å². The van der Waals surface area contributed by atoms with Crippen LogP contribution in [0, 0.1) is 12.8 Å². The normalized spacial score (nSPS) is 16.9. The van der Waals surface area contributed by atoms with Crippen LogP contribution < -0.4 is 15.9 Å². The standard InChI is InChI=1S/C20H23ClN6O2/c1-13-4-3-8-25(11-13)18-19-24-27(20(29)26(19)9-7-22-18)12-17(28)23-15-6-5-14(2)16(21)10-15/h5-7,9-10,13H,3-4,8,11-12H2,1-2H3,(H,23,28)/t13-/m1/s1. The lowest BCUT2D eigenvalue weighted by molar-refractivity contribution is -0.117. The van der Waals surface area contributed by atoms with E-state index in [1.807, 2.05) is 13.0 Å². The molecule has 1 amide bonds. The molecule has 1 N–H and O–H groups in total. The molecule has 1 saturated heterocycles. The number of anilines is 2. The molecule has 152 valence electrons. The minimum Gasteiger partial charge on any atom is -0.353 e. The first-order valence-corrected chi connectivity index (χ1v) is 10.1. The minimum atomic E-state index is -0.370. The van der Waals surface area contributed by atoms with E-state index < -0.39 is 0 Å². The van der Waals surface area contributed by atoms with Crippen LogP contribution >= 0.6 is 11.6 Å². The van der Waals surface area contributed by atoms with Gasteiger partial charge in [0.2, 0.25) is 11.6 Å². The number of nitrogens with one attached hydrogen (secondary N) is 1. The zero-order valence-electron chi connectivity index (χ0n) is 16.4. The van der Waals surface area contributed by atoms with Crippen LogP contribution in [-0.4, -0.2) is 38.2 Å². The first kappa shape index (κ1) is 19.4. The largest absolute Gasteiger partial charge is 0.353 e. The van der Waals surface area contributed by atoms with Gasteiger partial charge in [-0.2, -0.15) is 0 Å². The molecular weight excluding hydrogens is 392 g/mol. The van der Waals surface area contributed by atoms with Crippen molar-refractivity contribution in [1.82, 2.24) is 19.2 Å². The molecule has 1 atom stereocenters. The lowest BCUT2D eigenvalue weighted by Gasteiger charge is -2.31. The van der Waals surface area contributed by atoms with E-state index in [1.165, 1.54) is 15.5 Å². The number of hydrogen-bond acceptors (Lipinski definition) is 5. The zero-order valence-corrected chi connectivity index (χ0v) is 17.2. The van der Waals surface area contributed by atoms with E-state index in [2.05, 4.69) is 27.2 Å². The molecular formula is C20H23ClN6O2. The second-order valence-corrected chi connectivity index (χ2v) is 8.00. The summed E-state index contributed by atoms with van der Waals surface area (Å²) in [6, 6.07) is 5.28. The van der Waals surface area contributed by atoms with Crippen LogP contribution in [-0.2, 0) is 11.3 Å². The summed E-state index contributed by atoms with van der Waals surface area (Å²) >= 11 is 6.10. The molecule has 29 heavy (non-hydrogen) atoms. The Morgan fingerprint density at radius 2 is 2.21 bits per heavy atom. The number of aryl methyl sites for hydroxylation is 1. The lowest BCUT2D eigenvalue weighted by Crippen LogP contribution is -2.35. The molecule has 3 aromatic rings. The molecule has 8 nitrogen and oxygen atoms in total. The number of hydrogen-bond donors (Lipinski definition) is 1. The third-order valence-electron chi connectivity index (χ3n) is 5.19. The number of fused-ring (bicyclic) bond motifs is 1. The van der Waals surface area contributed by atoms with Crippen LogP contribution in [0.5, 0.6) is 0 Å². The van der Waals surface area contributed by atoms with E-state index >= 15 is 0 Å². The van der Waals surface area contributed by atoms with Crippen LogP contribution in [0.2, 0.25) is 5.02 Å². The molecule has 0 aliphatic carbocycles. The number of carbonyl (C=O) groups is 1. The van der Waals surface area contributed by atoms with Gasteiger partial charge in [0.25, 0.3) is 0 Å². The SMILES string of the molecule is Cc1ccc(NC(=O)Cn2nc3c(N4CCC[C@@H](C)C4)nccn3c2=O)cc1Cl. The Balaban J connectivity index is 1.58. The predicted molar refractivity (Wildman–Crippen MR) is 113 cm³/mol. The number of carbonyl (C=O) groups excluding carboxylic acids is 1. The van der Waals surface area contributed by atoms with E-state index in [0.717, 1.165) is 25.1 Å². The lowest BCUT2D eigenvalue weighted by atomic mass is 10.0. The number of nitrogens with zero attached hydrogens (tertiary/aromatic N) is 5. The molecule has 0 saturated carbocycles. The average molecular weight is 415 g/mol. The first-order valence-electron chi connectivity index (χ1n) is 9.67. The summed E-state index contributed by atoms with van der Waals surface area (Å²) < 4.78 is 2.61. The summed E-state index contributed by atoms with van der Waals surface area (Å²) in [7, 11) is 0. The molecule has 0 radical (unpaired) electrons. The number of aromatic nitrogens is 4. The maximum absolute atomic E-state index is 12.7. The second kappa shape index (κ2) is 7.87. The van der Waals surface area contributed by atoms with Gasteiger partial charge < -0.3 is 10.2 Å². The summed E-state index contributed by atoms with van der Waals surface area (Å²) in [5.41, 5.74) is 1.60. The molecule has 0 spiro atoms. The smallest absolute Gasteiger partial charge is 0.350 e. The molecule has 2 aromatic heterocycles. The van der Waals surface area contributed by atoms with E-state index in [9.17, 15) is 9.59 Å². The number of amides is 1. The predicted octanol–water partition coefficient (Wildman–Crippen LogP) is 2.73. The van der Waals surface area contributed by atoms with Crippen molar-refractivity contribution < 1.29 is 4.79 Å². The summed E-state index contributed by atoms with van der Waals surface area (Å²) in [4.78, 5) is 31.8. The van der Waals surface area contributed by atoms with E-state index in [1.54, 1.807) is 24.5 Å². The van der Waals surface area contributed by atoms with Crippen molar-refractivity contribution in [3.05, 3.63) is 51.7 Å². The van der Waals surface area contributed by atoms with Crippen LogP contribution in [0.3, 0.4) is 0 Å². The molecule has 4 rings (SSSR count). The fourth-order valence-corrected chi connectivity index (χ4v) is 3.83. The zero-order chi connectivity index (χ0) is 20.5. The number of piperidine rings is 1. The minimum absolute atomic E-state index is 0.193. The summed E-state index contributed by atoms with van der Waals surface area (Å²) in [5, 5.41) is 7.73. The van der Waals surface area contributed by atoms with E-state index in [0.29, 0.717) is 28.1 Å². The molecule has 1 aliphatic rings. The second-order valence-electron chi connectivity index (χ2n) is 7.59. The van der Waals surface area contributed by atoms with Crippen molar-refractivity contribution in [2.45, 2.75) is 33.2 Å². The van der Waals surface area contributed by atoms with Gasteiger partial charge in [0.05, 0.1) is 0 Å². The van der Waals surface area contributed by atoms with Gasteiger partial charge >= 0.3 is 5.69 Å². The Morgan fingerprint density at radius 1 is 1.38 bits per heavy atom. The average Bonchev–Trinajstić information content (AvgIpc) is 3.00. The molecule has 1 fully saturated rings. The van der Waals surface area contributed by atoms with Gasteiger partial charge in [0, 0.05) is 36.2 Å². The molecule has 0 unspecified atom stereocenters. The van der Waals surface area contributed by atoms with Crippen molar-refractivity contribution in [2.75, 3.05) is 23.3 Å². The van der Waals surface area contributed by atoms with Gasteiger partial charge in [-0.15, -0.1) is 5.10 Å². The maximum atomic E-state index is 12.7. The van der Waals surface area contributed by atoms with Crippen molar-refractivity contribution in [2.24, 2.45) is 5.92 Å². The van der Waals surface area contributed by atoms with Crippen molar-refractivity contribution >= 4 is 34.7 Å². The third kappa shape index (κ3) is 3.98. The quantitative estimate of drug-likeness (QED) is 0.709. The highest BCUT2D eigenvalue weighted by Crippen LogP contribution is 2.23. The van der Waals surface area contributed by atoms with Crippen LogP contribution in [0.15, 0.2) is 35.4 Å². The van der Waals surface area contributed by atoms with Crippen LogP contribution in [0.1, 0.15) is 25.3 Å². The highest BCUT2D eigenvalue weighted by molar-refractivity contribution is 6.31. The molecule has 9 heteroatoms. The van der Waals surface area contributed by atoms with Crippen molar-refractivity contribution in [3.8, 4) is 0 Å². The van der Waals surface area contributed by atoms with E-state index in [-0.39, 0.29) is 18.1 Å². The van der Waals surface area contributed by atoms with Gasteiger partial charge in [0.15, 0.2) is 5.82 Å². The Bertz CT molecular complexity index is 1120. The topological polar surface area (TPSA) is 84.5 Å². The Kier molecular flexibility index (Phi) is 5.27. The summed E-state index contributed by atoms with van der Waals surface area (Å²) in [6.07, 6.45) is 5.44. The van der Waals surface area contributed by atoms with Gasteiger partial charge in [-0.25, -0.2) is 18.9 Å². The monoisotopic (exact) mass is 414 g/mol. The molecule has 3 heterocycles. The fraction of sp³-hybridized carbons (Fsp3) is 0.400. The van der Waals surface area contributed by atoms with Gasteiger partial charge in [-0.1, -0.05) is 24.6 Å². The Labute approximate surface area is 173 Å². The molecule has 1 aromatic carbocycles. The Morgan fingerprint density at radius 3 is 2.97 bits per heavy atom. The van der Waals surface area contributed by atoms with Crippen LogP contribution in [0.4, 0.5) is 11.5 Å². The van der Waals surface area contributed by atoms with Crippen molar-refractivity contribution in [3.63, 3.8) is 0 Å². The highest BCUT2D eigenvalue weighted by Gasteiger charge is 2.22. The van der Waals surface area contributed by atoms with Gasteiger partial charge in [-0.3, -0.25) is 4.79 Å². The van der Waals surface area contributed by atoms with Gasteiger partial charge in [-0.05, 0) is 43.4 Å². The van der Waals surface area contributed by atoms with Crippen LogP contribution in [0.25, 0.3) is 5.65 Å². The van der Waals surface area contributed by atoms with E-state index in [4.69, 9.17) is 11.6 Å². The molecule has 1 aliphatic heterocycles. The van der Waals surface area contributed by atoms with Crippen molar-refractivity contribution in [1.29, 1.82) is 0 Å².